The maximum atomic E-state index is 12.5. The topological polar surface area (TPSA) is 58.6 Å². The quantitative estimate of drug-likeness (QED) is 0.659. The second-order valence-corrected chi connectivity index (χ2v) is 5.68. The molecule has 0 radical (unpaired) electrons. The van der Waals surface area contributed by atoms with Gasteiger partial charge >= 0.3 is 0 Å². The molecule has 0 bridgehead atoms. The number of likely N-dealkylation sites (N-methyl/N-ethyl adjacent to an activating group) is 1. The summed E-state index contributed by atoms with van der Waals surface area (Å²) in [5.41, 5.74) is 1.72. The molecule has 0 aromatic heterocycles. The van der Waals surface area contributed by atoms with Crippen molar-refractivity contribution >= 4 is 5.78 Å². The highest BCUT2D eigenvalue weighted by Gasteiger charge is 2.13. The van der Waals surface area contributed by atoms with Crippen molar-refractivity contribution in [3.8, 4) is 5.75 Å². The van der Waals surface area contributed by atoms with Crippen molar-refractivity contribution in [3.63, 3.8) is 0 Å². The van der Waals surface area contributed by atoms with E-state index >= 15 is 0 Å². The van der Waals surface area contributed by atoms with Crippen molar-refractivity contribution in [3.05, 3.63) is 65.7 Å². The van der Waals surface area contributed by atoms with E-state index in [1.54, 1.807) is 12.1 Å². The van der Waals surface area contributed by atoms with Crippen molar-refractivity contribution in [2.24, 2.45) is 0 Å². The first-order valence-corrected chi connectivity index (χ1v) is 8.38. The minimum atomic E-state index is -0.600. The molecule has 2 aromatic carbocycles. The zero-order valence-electron chi connectivity index (χ0n) is 14.1. The summed E-state index contributed by atoms with van der Waals surface area (Å²) in [6, 6.07) is 17.2. The number of nitrogens with one attached hydrogen (secondary N) is 1. The Labute approximate surface area is 143 Å². The number of aliphatic hydroxyl groups is 1. The molecular weight excluding hydrogens is 302 g/mol. The summed E-state index contributed by atoms with van der Waals surface area (Å²) < 4.78 is 5.66. The average molecular weight is 327 g/mol. The Hall–Kier alpha value is -2.17. The summed E-state index contributed by atoms with van der Waals surface area (Å²) >= 11 is 0. The van der Waals surface area contributed by atoms with E-state index in [1.165, 1.54) is 0 Å². The Bertz CT molecular complexity index is 628. The molecule has 4 heteroatoms. The van der Waals surface area contributed by atoms with E-state index < -0.39 is 6.10 Å². The molecule has 2 N–H and O–H groups in total. The van der Waals surface area contributed by atoms with Crippen LogP contribution in [0.3, 0.4) is 0 Å². The highest BCUT2D eigenvalue weighted by molar-refractivity contribution is 5.98. The Morgan fingerprint density at radius 1 is 1.12 bits per heavy atom. The normalized spacial score (nSPS) is 11.9. The molecule has 0 saturated carbocycles. The summed E-state index contributed by atoms with van der Waals surface area (Å²) in [6.07, 6.45) is 0.541. The third-order valence-electron chi connectivity index (χ3n) is 3.73. The first-order valence-electron chi connectivity index (χ1n) is 8.38. The first kappa shape index (κ1) is 18.2. The number of rotatable bonds is 10. The molecule has 0 saturated heterocycles. The van der Waals surface area contributed by atoms with Crippen LogP contribution in [0.15, 0.2) is 54.6 Å². The SMILES string of the molecule is CCNCC(O)COc1ccccc1C(=O)CCc1ccccc1. The molecule has 2 rings (SSSR count). The molecule has 0 heterocycles. The Balaban J connectivity index is 1.93. The number of ether oxygens (including phenoxy) is 1. The second-order valence-electron chi connectivity index (χ2n) is 5.68. The Morgan fingerprint density at radius 3 is 2.58 bits per heavy atom. The number of aryl methyl sites for hydroxylation is 1. The van der Waals surface area contributed by atoms with Gasteiger partial charge in [-0.25, -0.2) is 0 Å². The lowest BCUT2D eigenvalue weighted by molar-refractivity contribution is 0.0951. The van der Waals surface area contributed by atoms with Gasteiger partial charge in [0.1, 0.15) is 18.5 Å². The van der Waals surface area contributed by atoms with Crippen LogP contribution in [0.25, 0.3) is 0 Å². The number of carbonyl (C=O) groups is 1. The van der Waals surface area contributed by atoms with Gasteiger partial charge < -0.3 is 15.2 Å². The van der Waals surface area contributed by atoms with Gasteiger partial charge in [0, 0.05) is 13.0 Å². The number of hydrogen-bond donors (Lipinski definition) is 2. The van der Waals surface area contributed by atoms with Crippen LogP contribution < -0.4 is 10.1 Å². The molecular formula is C20H25NO3. The summed E-state index contributed by atoms with van der Waals surface area (Å²) in [6.45, 7) is 3.41. The molecule has 128 valence electrons. The van der Waals surface area contributed by atoms with Crippen LogP contribution in [-0.4, -0.2) is 36.7 Å². The molecule has 0 aliphatic heterocycles. The summed E-state index contributed by atoms with van der Waals surface area (Å²) in [4.78, 5) is 12.5. The molecule has 0 aliphatic rings. The van der Waals surface area contributed by atoms with Crippen LogP contribution in [-0.2, 0) is 6.42 Å². The van der Waals surface area contributed by atoms with Crippen LogP contribution in [0.2, 0.25) is 0 Å². The van der Waals surface area contributed by atoms with Crippen LogP contribution in [0.1, 0.15) is 29.3 Å². The molecule has 1 atom stereocenters. The molecule has 4 nitrogen and oxygen atoms in total. The smallest absolute Gasteiger partial charge is 0.166 e. The van der Waals surface area contributed by atoms with Crippen LogP contribution in [0.4, 0.5) is 0 Å². The average Bonchev–Trinajstić information content (AvgIpc) is 2.63. The van der Waals surface area contributed by atoms with E-state index in [9.17, 15) is 9.90 Å². The highest BCUT2D eigenvalue weighted by Crippen LogP contribution is 2.20. The van der Waals surface area contributed by atoms with E-state index in [2.05, 4.69) is 5.32 Å². The number of hydrogen-bond acceptors (Lipinski definition) is 4. The number of Topliss-reactive ketones (excluding diaryl/α,β-unsaturated/α-hetero) is 1. The Kier molecular flexibility index (Phi) is 7.46. The van der Waals surface area contributed by atoms with Crippen LogP contribution in [0.5, 0.6) is 5.75 Å². The minimum absolute atomic E-state index is 0.0515. The fraction of sp³-hybridized carbons (Fsp3) is 0.350. The first-order chi connectivity index (χ1) is 11.7. The van der Waals surface area contributed by atoms with Crippen LogP contribution in [0, 0.1) is 0 Å². The van der Waals surface area contributed by atoms with Crippen molar-refractivity contribution in [2.75, 3.05) is 19.7 Å². The third kappa shape index (κ3) is 5.80. The number of ketones is 1. The maximum absolute atomic E-state index is 12.5. The van der Waals surface area contributed by atoms with Gasteiger partial charge in [-0.2, -0.15) is 0 Å². The fourth-order valence-corrected chi connectivity index (χ4v) is 2.42. The summed E-state index contributed by atoms with van der Waals surface area (Å²) in [5.74, 6) is 0.585. The monoisotopic (exact) mass is 327 g/mol. The van der Waals surface area contributed by atoms with Gasteiger partial charge in [-0.1, -0.05) is 49.4 Å². The van der Waals surface area contributed by atoms with Gasteiger partial charge in [-0.15, -0.1) is 0 Å². The van der Waals surface area contributed by atoms with Gasteiger partial charge in [0.05, 0.1) is 5.56 Å². The Morgan fingerprint density at radius 2 is 1.83 bits per heavy atom. The largest absolute Gasteiger partial charge is 0.490 e. The van der Waals surface area contributed by atoms with Gasteiger partial charge in [-0.3, -0.25) is 4.79 Å². The molecule has 24 heavy (non-hydrogen) atoms. The van der Waals surface area contributed by atoms with E-state index in [0.717, 1.165) is 12.1 Å². The zero-order chi connectivity index (χ0) is 17.2. The molecule has 0 fully saturated rings. The molecule has 1 unspecified atom stereocenters. The second kappa shape index (κ2) is 9.85. The van der Waals surface area contributed by atoms with Crippen molar-refractivity contribution in [1.29, 1.82) is 0 Å². The standard InChI is InChI=1S/C20H25NO3/c1-2-21-14-17(22)15-24-20-11-7-6-10-18(20)19(23)13-12-16-8-4-3-5-9-16/h3-11,17,21-22H,2,12-15H2,1H3. The third-order valence-corrected chi connectivity index (χ3v) is 3.73. The van der Waals surface area contributed by atoms with Gasteiger partial charge in [0.25, 0.3) is 0 Å². The fourth-order valence-electron chi connectivity index (χ4n) is 2.42. The maximum Gasteiger partial charge on any atom is 0.166 e. The molecule has 0 amide bonds. The van der Waals surface area contributed by atoms with Crippen molar-refractivity contribution < 1.29 is 14.6 Å². The number of carbonyl (C=O) groups excluding carboxylic acids is 1. The van der Waals surface area contributed by atoms with Gasteiger partial charge in [0.15, 0.2) is 5.78 Å². The minimum Gasteiger partial charge on any atom is -0.490 e. The van der Waals surface area contributed by atoms with Gasteiger partial charge in [-0.05, 0) is 30.7 Å². The van der Waals surface area contributed by atoms with Gasteiger partial charge in [0.2, 0.25) is 0 Å². The number of para-hydroxylation sites is 1. The van der Waals surface area contributed by atoms with E-state index in [1.807, 2.05) is 49.4 Å². The number of benzene rings is 2. The molecule has 0 aliphatic carbocycles. The van der Waals surface area contributed by atoms with Crippen molar-refractivity contribution in [2.45, 2.75) is 25.9 Å². The van der Waals surface area contributed by atoms with Crippen molar-refractivity contribution in [1.82, 2.24) is 5.32 Å². The lowest BCUT2D eigenvalue weighted by Gasteiger charge is -2.15. The lowest BCUT2D eigenvalue weighted by atomic mass is 10.0. The number of aliphatic hydroxyl groups excluding tert-OH is 1. The summed E-state index contributed by atoms with van der Waals surface area (Å²) in [5, 5.41) is 12.9. The lowest BCUT2D eigenvalue weighted by Crippen LogP contribution is -2.31. The predicted molar refractivity (Wildman–Crippen MR) is 95.6 cm³/mol. The zero-order valence-corrected chi connectivity index (χ0v) is 14.1. The molecule has 0 spiro atoms. The highest BCUT2D eigenvalue weighted by atomic mass is 16.5. The summed E-state index contributed by atoms with van der Waals surface area (Å²) in [7, 11) is 0. The van der Waals surface area contributed by atoms with E-state index in [4.69, 9.17) is 4.74 Å². The van der Waals surface area contributed by atoms with E-state index in [0.29, 0.717) is 30.7 Å². The van der Waals surface area contributed by atoms with Crippen LogP contribution >= 0.6 is 0 Å². The molecule has 2 aromatic rings. The predicted octanol–water partition coefficient (Wildman–Crippen LogP) is 2.85. The van der Waals surface area contributed by atoms with E-state index in [-0.39, 0.29) is 12.4 Å².